The predicted molar refractivity (Wildman–Crippen MR) is 181 cm³/mol. The van der Waals surface area contributed by atoms with Gasteiger partial charge in [-0.05, 0) is 73.6 Å². The van der Waals surface area contributed by atoms with Crippen molar-refractivity contribution in [2.75, 3.05) is 71.2 Å². The minimum atomic E-state index is -0.925. The summed E-state index contributed by atoms with van der Waals surface area (Å²) in [6.07, 6.45) is 5.49. The van der Waals surface area contributed by atoms with Gasteiger partial charge in [-0.15, -0.1) is 0 Å². The van der Waals surface area contributed by atoms with Crippen LogP contribution in [0.15, 0.2) is 30.5 Å². The third-order valence-corrected chi connectivity index (χ3v) is 9.94. The number of anilines is 1. The summed E-state index contributed by atoms with van der Waals surface area (Å²) in [7, 11) is 1.52. The molecule has 2 saturated heterocycles. The minimum Gasteiger partial charge on any atom is -0.468 e. The number of piperidine rings is 1. The highest BCUT2D eigenvalue weighted by molar-refractivity contribution is 6.01. The van der Waals surface area contributed by atoms with Gasteiger partial charge in [-0.25, -0.2) is 8.78 Å². The first-order valence-corrected chi connectivity index (χ1v) is 17.0. The van der Waals surface area contributed by atoms with E-state index in [0.717, 1.165) is 52.0 Å². The van der Waals surface area contributed by atoms with Gasteiger partial charge < -0.3 is 34.4 Å². The van der Waals surface area contributed by atoms with Gasteiger partial charge in [-0.3, -0.25) is 4.98 Å². The molecule has 0 bridgehead atoms. The van der Waals surface area contributed by atoms with Crippen LogP contribution in [0.3, 0.4) is 0 Å². The number of pyridine rings is 1. The highest BCUT2D eigenvalue weighted by Gasteiger charge is 2.45. The molecule has 10 nitrogen and oxygen atoms in total. The Kier molecular flexibility index (Phi) is 9.10. The van der Waals surface area contributed by atoms with E-state index < -0.39 is 11.4 Å². The number of methoxy groups -OCH3 is 1. The summed E-state index contributed by atoms with van der Waals surface area (Å²) in [4.78, 5) is 18.5. The largest absolute Gasteiger partial charge is 0.468 e. The van der Waals surface area contributed by atoms with Crippen LogP contribution in [0, 0.1) is 17.0 Å². The van der Waals surface area contributed by atoms with E-state index in [-0.39, 0.29) is 35.2 Å². The maximum absolute atomic E-state index is 17.0. The second-order valence-corrected chi connectivity index (χ2v) is 13.8. The monoisotopic (exact) mass is 662 g/mol. The van der Waals surface area contributed by atoms with Crippen molar-refractivity contribution >= 4 is 27.5 Å². The lowest BCUT2D eigenvalue weighted by Crippen LogP contribution is -2.46. The number of aromatic nitrogens is 3. The molecule has 1 aliphatic carbocycles. The van der Waals surface area contributed by atoms with E-state index in [9.17, 15) is 5.11 Å². The van der Waals surface area contributed by atoms with Gasteiger partial charge in [0.15, 0.2) is 12.6 Å². The van der Waals surface area contributed by atoms with E-state index in [1.54, 1.807) is 31.3 Å². The Morgan fingerprint density at radius 3 is 2.58 bits per heavy atom. The first-order chi connectivity index (χ1) is 23.2. The molecular weight excluding hydrogens is 618 g/mol. The van der Waals surface area contributed by atoms with E-state index in [1.165, 1.54) is 13.2 Å². The molecule has 2 aromatic heterocycles. The Bertz CT molecular complexity index is 1810. The minimum absolute atomic E-state index is 0.00651. The van der Waals surface area contributed by atoms with Crippen LogP contribution in [0.2, 0.25) is 0 Å². The Morgan fingerprint density at radius 1 is 1.04 bits per heavy atom. The summed E-state index contributed by atoms with van der Waals surface area (Å²) in [5, 5.41) is 16.0. The second kappa shape index (κ2) is 13.3. The number of hydrogen-bond donors (Lipinski definition) is 2. The predicted octanol–water partition coefficient (Wildman–Crippen LogP) is 5.08. The third-order valence-electron chi connectivity index (χ3n) is 9.94. The second-order valence-electron chi connectivity index (χ2n) is 13.8. The Labute approximate surface area is 279 Å². The van der Waals surface area contributed by atoms with Gasteiger partial charge in [0.1, 0.15) is 28.6 Å². The number of piperazine rings is 1. The Balaban J connectivity index is 1.33. The van der Waals surface area contributed by atoms with E-state index in [2.05, 4.69) is 20.2 Å². The summed E-state index contributed by atoms with van der Waals surface area (Å²) < 4.78 is 49.4. The Morgan fingerprint density at radius 2 is 1.85 bits per heavy atom. The first-order valence-electron chi connectivity index (χ1n) is 17.0. The molecule has 256 valence electrons. The molecule has 0 amide bonds. The van der Waals surface area contributed by atoms with Crippen molar-refractivity contribution in [1.82, 2.24) is 25.2 Å². The number of halogens is 2. The summed E-state index contributed by atoms with van der Waals surface area (Å²) >= 11 is 0. The number of nitrogens with one attached hydrogen (secondary N) is 1. The van der Waals surface area contributed by atoms with Crippen molar-refractivity contribution in [3.63, 3.8) is 0 Å². The number of hydrogen-bond acceptors (Lipinski definition) is 10. The van der Waals surface area contributed by atoms with Crippen LogP contribution in [0.25, 0.3) is 32.9 Å². The van der Waals surface area contributed by atoms with Crippen molar-refractivity contribution in [3.05, 3.63) is 47.7 Å². The molecule has 1 saturated carbocycles. The zero-order chi connectivity index (χ0) is 33.5. The molecule has 0 radical (unpaired) electrons. The Hall–Kier alpha value is -3.71. The van der Waals surface area contributed by atoms with Crippen molar-refractivity contribution < 1.29 is 28.1 Å². The van der Waals surface area contributed by atoms with Crippen LogP contribution in [0.1, 0.15) is 45.1 Å². The molecule has 48 heavy (non-hydrogen) atoms. The molecule has 4 aromatic rings. The number of aliphatic hydroxyl groups is 1. The zero-order valence-electron chi connectivity index (χ0n) is 28.0. The van der Waals surface area contributed by atoms with Gasteiger partial charge in [-0.2, -0.15) is 9.97 Å². The van der Waals surface area contributed by atoms with Gasteiger partial charge in [0.05, 0.1) is 17.6 Å². The fourth-order valence-corrected chi connectivity index (χ4v) is 7.23. The van der Waals surface area contributed by atoms with Gasteiger partial charge in [0.2, 0.25) is 0 Å². The zero-order valence-corrected chi connectivity index (χ0v) is 28.0. The lowest BCUT2D eigenvalue weighted by molar-refractivity contribution is 0.0447. The fraction of sp³-hybridized carbons (Fsp3) is 0.528. The van der Waals surface area contributed by atoms with Crippen LogP contribution in [-0.2, 0) is 11.2 Å². The molecule has 4 heterocycles. The topological polar surface area (TPSA) is 105 Å². The van der Waals surface area contributed by atoms with Gasteiger partial charge in [0, 0.05) is 70.1 Å². The van der Waals surface area contributed by atoms with E-state index in [0.29, 0.717) is 71.4 Å². The summed E-state index contributed by atoms with van der Waals surface area (Å²) in [5.74, 6) is -0.118. The smallest absolute Gasteiger partial charge is 0.319 e. The maximum Gasteiger partial charge on any atom is 0.319 e. The van der Waals surface area contributed by atoms with Crippen LogP contribution in [0.5, 0.6) is 11.8 Å². The average molecular weight is 663 g/mol. The standard InChI is InChI=1S/C36H44F2N6O4/c1-4-25-28(37)7-6-23-16-24(48-22-46-3)17-26(29(23)25)31-30(38)32-27(18-40-31)33(44-13-5-8-35(2,45)19-44)42-34(41-32)47-21-36(9-10-36)20-43-14-11-39-12-15-43/h6-7,16-18,39,45H,4-5,8-15,19-22H2,1-3H3/t35-/m1/s1. The van der Waals surface area contributed by atoms with Crippen molar-refractivity contribution in [2.24, 2.45) is 5.41 Å². The molecule has 2 aliphatic heterocycles. The van der Waals surface area contributed by atoms with Gasteiger partial charge in [-0.1, -0.05) is 13.0 Å². The highest BCUT2D eigenvalue weighted by Crippen LogP contribution is 2.47. The summed E-state index contributed by atoms with van der Waals surface area (Å²) in [6.45, 7) is 9.98. The quantitative estimate of drug-likeness (QED) is 0.211. The number of ether oxygens (including phenoxy) is 3. The van der Waals surface area contributed by atoms with Crippen molar-refractivity contribution in [2.45, 2.75) is 51.6 Å². The lowest BCUT2D eigenvalue weighted by Gasteiger charge is -2.38. The molecule has 2 aromatic carbocycles. The SMILES string of the molecule is CCc1c(F)ccc2cc(OCOC)cc(-c3ncc4c(N5CCC[C@@](C)(O)C5)nc(OCC5(CN6CCNCC6)CC5)nc4c3F)c12. The average Bonchev–Trinajstić information content (AvgIpc) is 3.85. The van der Waals surface area contributed by atoms with Crippen molar-refractivity contribution in [3.8, 4) is 23.0 Å². The van der Waals surface area contributed by atoms with E-state index in [1.807, 2.05) is 11.8 Å². The first kappa shape index (κ1) is 32.8. The van der Waals surface area contributed by atoms with Crippen LogP contribution < -0.4 is 19.7 Å². The molecule has 12 heteroatoms. The fourth-order valence-electron chi connectivity index (χ4n) is 7.23. The van der Waals surface area contributed by atoms with Crippen LogP contribution >= 0.6 is 0 Å². The normalized spacial score (nSPS) is 21.2. The number of β-amino-alcohol motifs (C(OH)–C–C–N with tert-alkyl or cyclic N) is 1. The molecule has 2 N–H and O–H groups in total. The molecule has 0 spiro atoms. The summed E-state index contributed by atoms with van der Waals surface area (Å²) in [6, 6.07) is 6.63. The number of nitrogens with zero attached hydrogens (tertiary/aromatic N) is 5. The van der Waals surface area contributed by atoms with Gasteiger partial charge >= 0.3 is 6.01 Å². The molecule has 1 atom stereocenters. The van der Waals surface area contributed by atoms with Crippen LogP contribution in [0.4, 0.5) is 14.6 Å². The summed E-state index contributed by atoms with van der Waals surface area (Å²) in [5.41, 5.74) is 0.0353. The maximum atomic E-state index is 17.0. The highest BCUT2D eigenvalue weighted by atomic mass is 19.1. The van der Waals surface area contributed by atoms with Crippen LogP contribution in [-0.4, -0.2) is 96.9 Å². The lowest BCUT2D eigenvalue weighted by atomic mass is 9.94. The molecule has 0 unspecified atom stereocenters. The van der Waals surface area contributed by atoms with Gasteiger partial charge in [0.25, 0.3) is 0 Å². The molecule has 3 aliphatic rings. The number of rotatable bonds is 11. The number of fused-ring (bicyclic) bond motifs is 2. The van der Waals surface area contributed by atoms with E-state index in [4.69, 9.17) is 19.2 Å². The molecule has 7 rings (SSSR count). The van der Waals surface area contributed by atoms with E-state index >= 15 is 8.78 Å². The molecule has 3 fully saturated rings. The van der Waals surface area contributed by atoms with Crippen molar-refractivity contribution in [1.29, 1.82) is 0 Å². The molecular formula is C36H44F2N6O4. The number of aryl methyl sites for hydroxylation is 1. The number of benzene rings is 2. The third kappa shape index (κ3) is 6.63.